The molecule has 1 atom stereocenters. The maximum atomic E-state index is 12.0. The molecule has 1 unspecified atom stereocenters. The normalized spacial score (nSPS) is 13.8. The number of hydrogen-bond donors (Lipinski definition) is 2. The summed E-state index contributed by atoms with van der Waals surface area (Å²) in [6, 6.07) is 3.96. The Labute approximate surface area is 130 Å². The lowest BCUT2D eigenvalue weighted by atomic mass is 9.80. The number of nitrogens with two attached hydrogens (primary N) is 1. The molecule has 21 heavy (non-hydrogen) atoms. The molecule has 3 N–H and O–H groups in total. The Morgan fingerprint density at radius 1 is 1.38 bits per heavy atom. The number of nitrogens with one attached hydrogen (secondary N) is 1. The first-order chi connectivity index (χ1) is 9.41. The average Bonchev–Trinajstić information content (AvgIpc) is 2.29. The van der Waals surface area contributed by atoms with Gasteiger partial charge in [0.2, 0.25) is 15.9 Å². The molecule has 0 heterocycles. The lowest BCUT2D eigenvalue weighted by molar-refractivity contribution is -0.117. The Kier molecular flexibility index (Phi) is 5.41. The Balaban J connectivity index is 2.83. The molecule has 0 saturated carbocycles. The maximum absolute atomic E-state index is 12.0. The van der Waals surface area contributed by atoms with Crippen molar-refractivity contribution < 1.29 is 13.2 Å². The molecule has 0 bridgehead atoms. The van der Waals surface area contributed by atoms with Gasteiger partial charge in [-0.25, -0.2) is 13.6 Å². The Hall–Kier alpha value is -1.11. The molecule has 0 aliphatic heterocycles. The molecular weight excluding hydrogens is 312 g/mol. The van der Waals surface area contributed by atoms with Crippen LogP contribution < -0.4 is 10.5 Å². The SMILES string of the molecule is CC(CC(=O)Nc1ccc(S(N)(=O)=O)cc1Cl)C(C)(C)C. The third-order valence-electron chi connectivity index (χ3n) is 3.51. The van der Waals surface area contributed by atoms with E-state index < -0.39 is 10.0 Å². The summed E-state index contributed by atoms with van der Waals surface area (Å²) in [4.78, 5) is 11.9. The van der Waals surface area contributed by atoms with Gasteiger partial charge in [0.15, 0.2) is 0 Å². The molecule has 7 heteroatoms. The zero-order valence-corrected chi connectivity index (χ0v) is 14.2. The van der Waals surface area contributed by atoms with Gasteiger partial charge in [-0.05, 0) is 29.5 Å². The summed E-state index contributed by atoms with van der Waals surface area (Å²) < 4.78 is 22.4. The number of rotatable bonds is 4. The fourth-order valence-corrected chi connectivity index (χ4v) is 2.39. The third kappa shape index (κ3) is 5.30. The van der Waals surface area contributed by atoms with Gasteiger partial charge in [-0.2, -0.15) is 0 Å². The van der Waals surface area contributed by atoms with Crippen molar-refractivity contribution in [1.29, 1.82) is 0 Å². The van der Waals surface area contributed by atoms with Crippen LogP contribution >= 0.6 is 11.6 Å². The van der Waals surface area contributed by atoms with Gasteiger partial charge in [0.05, 0.1) is 15.6 Å². The van der Waals surface area contributed by atoms with Crippen molar-refractivity contribution >= 4 is 33.2 Å². The molecule has 0 aliphatic carbocycles. The standard InChI is InChI=1S/C14H21ClN2O3S/c1-9(14(2,3)4)7-13(18)17-12-6-5-10(8-11(12)15)21(16,19)20/h5-6,8-9H,7H2,1-4H3,(H,17,18)(H2,16,19,20). The number of benzene rings is 1. The van der Waals surface area contributed by atoms with E-state index in [1.807, 2.05) is 6.92 Å². The van der Waals surface area contributed by atoms with E-state index in [-0.39, 0.29) is 27.2 Å². The minimum atomic E-state index is -3.81. The van der Waals surface area contributed by atoms with Gasteiger partial charge in [-0.3, -0.25) is 4.79 Å². The van der Waals surface area contributed by atoms with Crippen molar-refractivity contribution in [2.24, 2.45) is 16.5 Å². The Morgan fingerprint density at radius 3 is 2.38 bits per heavy atom. The number of anilines is 1. The van der Waals surface area contributed by atoms with Gasteiger partial charge < -0.3 is 5.32 Å². The van der Waals surface area contributed by atoms with E-state index in [0.717, 1.165) is 0 Å². The van der Waals surface area contributed by atoms with Crippen molar-refractivity contribution in [3.05, 3.63) is 23.2 Å². The molecule has 5 nitrogen and oxygen atoms in total. The molecule has 0 aliphatic rings. The number of sulfonamides is 1. The first-order valence-corrected chi connectivity index (χ1v) is 8.46. The molecular formula is C14H21ClN2O3S. The highest BCUT2D eigenvalue weighted by Gasteiger charge is 2.23. The summed E-state index contributed by atoms with van der Waals surface area (Å²) >= 11 is 5.97. The molecule has 0 spiro atoms. The van der Waals surface area contributed by atoms with Crippen LogP contribution in [0, 0.1) is 11.3 Å². The molecule has 1 amide bonds. The minimum absolute atomic E-state index is 0.0264. The molecule has 1 aromatic carbocycles. The van der Waals surface area contributed by atoms with E-state index >= 15 is 0 Å². The fraction of sp³-hybridized carbons (Fsp3) is 0.500. The van der Waals surface area contributed by atoms with E-state index in [1.165, 1.54) is 18.2 Å². The molecule has 1 rings (SSSR count). The minimum Gasteiger partial charge on any atom is -0.325 e. The van der Waals surface area contributed by atoms with Crippen LogP contribution in [0.2, 0.25) is 5.02 Å². The van der Waals surface area contributed by atoms with Crippen molar-refractivity contribution in [1.82, 2.24) is 0 Å². The number of primary sulfonamides is 1. The molecule has 0 aromatic heterocycles. The van der Waals surface area contributed by atoms with Crippen LogP contribution in [-0.2, 0) is 14.8 Å². The summed E-state index contributed by atoms with van der Waals surface area (Å²) in [6.45, 7) is 8.21. The van der Waals surface area contributed by atoms with Crippen LogP contribution in [0.25, 0.3) is 0 Å². The molecule has 1 aromatic rings. The van der Waals surface area contributed by atoms with Gasteiger partial charge in [-0.1, -0.05) is 39.3 Å². The summed E-state index contributed by atoms with van der Waals surface area (Å²) in [5, 5.41) is 7.84. The number of hydrogen-bond acceptors (Lipinski definition) is 3. The lowest BCUT2D eigenvalue weighted by Crippen LogP contribution is -2.24. The second-order valence-corrected chi connectivity index (χ2v) is 8.17. The Bertz CT molecular complexity index is 636. The first-order valence-electron chi connectivity index (χ1n) is 6.53. The summed E-state index contributed by atoms with van der Waals surface area (Å²) in [5.41, 5.74) is 0.397. The fourth-order valence-electron chi connectivity index (χ4n) is 1.56. The monoisotopic (exact) mass is 332 g/mol. The third-order valence-corrected chi connectivity index (χ3v) is 4.74. The van der Waals surface area contributed by atoms with Crippen LogP contribution in [0.4, 0.5) is 5.69 Å². The number of amides is 1. The van der Waals surface area contributed by atoms with E-state index in [1.54, 1.807) is 0 Å². The lowest BCUT2D eigenvalue weighted by Gasteiger charge is -2.26. The summed E-state index contributed by atoms with van der Waals surface area (Å²) in [7, 11) is -3.81. The van der Waals surface area contributed by atoms with E-state index in [0.29, 0.717) is 12.1 Å². The number of carbonyl (C=O) groups excluding carboxylic acids is 1. The van der Waals surface area contributed by atoms with Gasteiger partial charge in [0.1, 0.15) is 0 Å². The highest BCUT2D eigenvalue weighted by molar-refractivity contribution is 7.89. The van der Waals surface area contributed by atoms with Crippen LogP contribution in [0.15, 0.2) is 23.1 Å². The largest absolute Gasteiger partial charge is 0.325 e. The zero-order chi connectivity index (χ0) is 16.4. The quantitative estimate of drug-likeness (QED) is 0.888. The predicted molar refractivity (Wildman–Crippen MR) is 84.7 cm³/mol. The van der Waals surface area contributed by atoms with Crippen LogP contribution in [0.5, 0.6) is 0 Å². The first kappa shape index (κ1) is 17.9. The summed E-state index contributed by atoms with van der Waals surface area (Å²) in [6.07, 6.45) is 0.358. The second kappa shape index (κ2) is 6.34. The predicted octanol–water partition coefficient (Wildman–Crippen LogP) is 3.00. The van der Waals surface area contributed by atoms with Crippen molar-refractivity contribution in [3.8, 4) is 0 Å². The van der Waals surface area contributed by atoms with Crippen molar-refractivity contribution in [2.45, 2.75) is 39.0 Å². The van der Waals surface area contributed by atoms with Gasteiger partial charge in [-0.15, -0.1) is 0 Å². The number of halogens is 1. The number of carbonyl (C=O) groups is 1. The highest BCUT2D eigenvalue weighted by Crippen LogP contribution is 2.29. The van der Waals surface area contributed by atoms with Crippen molar-refractivity contribution in [3.63, 3.8) is 0 Å². The second-order valence-electron chi connectivity index (χ2n) is 6.21. The van der Waals surface area contributed by atoms with Gasteiger partial charge in [0.25, 0.3) is 0 Å². The van der Waals surface area contributed by atoms with E-state index in [4.69, 9.17) is 16.7 Å². The van der Waals surface area contributed by atoms with Crippen LogP contribution in [0.3, 0.4) is 0 Å². The highest BCUT2D eigenvalue weighted by atomic mass is 35.5. The maximum Gasteiger partial charge on any atom is 0.238 e. The van der Waals surface area contributed by atoms with Gasteiger partial charge >= 0.3 is 0 Å². The molecule has 0 fully saturated rings. The van der Waals surface area contributed by atoms with E-state index in [9.17, 15) is 13.2 Å². The average molecular weight is 333 g/mol. The molecule has 0 saturated heterocycles. The summed E-state index contributed by atoms with van der Waals surface area (Å²) in [5.74, 6) is 0.0302. The van der Waals surface area contributed by atoms with Crippen molar-refractivity contribution in [2.75, 3.05) is 5.32 Å². The van der Waals surface area contributed by atoms with Crippen LogP contribution in [-0.4, -0.2) is 14.3 Å². The zero-order valence-electron chi connectivity index (χ0n) is 12.6. The van der Waals surface area contributed by atoms with Crippen LogP contribution in [0.1, 0.15) is 34.1 Å². The van der Waals surface area contributed by atoms with Gasteiger partial charge in [0, 0.05) is 6.42 Å². The van der Waals surface area contributed by atoms with E-state index in [2.05, 4.69) is 26.1 Å². The molecule has 0 radical (unpaired) electrons. The Morgan fingerprint density at radius 2 is 1.95 bits per heavy atom. The topological polar surface area (TPSA) is 89.3 Å². The smallest absolute Gasteiger partial charge is 0.238 e. The molecule has 118 valence electrons.